The molecule has 21 heavy (non-hydrogen) atoms. The van der Waals surface area contributed by atoms with Gasteiger partial charge in [0.1, 0.15) is 18.9 Å². The van der Waals surface area contributed by atoms with E-state index < -0.39 is 6.10 Å². The molecule has 9 heteroatoms. The third kappa shape index (κ3) is 5.92. The van der Waals surface area contributed by atoms with E-state index in [1.165, 1.54) is 6.20 Å². The van der Waals surface area contributed by atoms with Crippen molar-refractivity contribution in [3.8, 4) is 5.88 Å². The fraction of sp³-hybridized carbons (Fsp3) is 0.750. The Kier molecular flexibility index (Phi) is 6.80. The fourth-order valence-electron chi connectivity index (χ4n) is 1.90. The second-order valence-electron chi connectivity index (χ2n) is 4.66. The first-order valence-electron chi connectivity index (χ1n) is 6.90. The summed E-state index contributed by atoms with van der Waals surface area (Å²) >= 11 is 1.06. The van der Waals surface area contributed by atoms with Gasteiger partial charge in [0.25, 0.3) is 0 Å². The standard InChI is InChI=1S/C12H20N4O4S/c17-10(9-20-11-8-14-21-15-11)7-13-2-1-12(18)16-3-5-19-6-4-16/h8,10,13,17H,1-7,9H2. The Morgan fingerprint density at radius 2 is 2.38 bits per heavy atom. The average Bonchev–Trinajstić information content (AvgIpc) is 3.03. The zero-order chi connectivity index (χ0) is 14.9. The third-order valence-corrected chi connectivity index (χ3v) is 3.49. The number of aromatic nitrogens is 2. The molecule has 8 nitrogen and oxygen atoms in total. The third-order valence-electron chi connectivity index (χ3n) is 3.02. The van der Waals surface area contributed by atoms with E-state index in [-0.39, 0.29) is 12.5 Å². The molecule has 1 unspecified atom stereocenters. The monoisotopic (exact) mass is 316 g/mol. The summed E-state index contributed by atoms with van der Waals surface area (Å²) in [5.74, 6) is 0.534. The highest BCUT2D eigenvalue weighted by Gasteiger charge is 2.16. The molecule has 1 aliphatic rings. The lowest BCUT2D eigenvalue weighted by atomic mass is 10.3. The number of ether oxygens (including phenoxy) is 2. The van der Waals surface area contributed by atoms with Crippen molar-refractivity contribution in [1.82, 2.24) is 19.0 Å². The Hall–Kier alpha value is -1.29. The van der Waals surface area contributed by atoms with Crippen LogP contribution in [0.15, 0.2) is 6.20 Å². The van der Waals surface area contributed by atoms with Crippen LogP contribution in [-0.2, 0) is 9.53 Å². The van der Waals surface area contributed by atoms with Crippen LogP contribution in [0.1, 0.15) is 6.42 Å². The Bertz CT molecular complexity index is 411. The van der Waals surface area contributed by atoms with Gasteiger partial charge in [0.2, 0.25) is 11.8 Å². The summed E-state index contributed by atoms with van der Waals surface area (Å²) in [6.07, 6.45) is 1.28. The number of nitrogens with one attached hydrogen (secondary N) is 1. The highest BCUT2D eigenvalue weighted by Crippen LogP contribution is 2.05. The second kappa shape index (κ2) is 8.88. The van der Waals surface area contributed by atoms with Crippen LogP contribution < -0.4 is 10.1 Å². The van der Waals surface area contributed by atoms with Gasteiger partial charge in [-0.1, -0.05) is 0 Å². The number of amides is 1. The number of hydrogen-bond acceptors (Lipinski definition) is 8. The summed E-state index contributed by atoms with van der Waals surface area (Å²) in [6, 6.07) is 0. The van der Waals surface area contributed by atoms with Crippen LogP contribution in [0.4, 0.5) is 0 Å². The SMILES string of the molecule is O=C(CCNCC(O)COc1cnsn1)N1CCOCC1. The van der Waals surface area contributed by atoms with Crippen LogP contribution in [0.2, 0.25) is 0 Å². The molecule has 1 fully saturated rings. The first kappa shape index (κ1) is 16.1. The van der Waals surface area contributed by atoms with Gasteiger partial charge in [-0.3, -0.25) is 4.79 Å². The van der Waals surface area contributed by atoms with Crippen LogP contribution in [0.5, 0.6) is 5.88 Å². The number of aliphatic hydroxyl groups is 1. The maximum Gasteiger partial charge on any atom is 0.245 e. The minimum atomic E-state index is -0.648. The second-order valence-corrected chi connectivity index (χ2v) is 5.21. The molecule has 1 amide bonds. The molecule has 0 spiro atoms. The molecule has 2 heterocycles. The highest BCUT2D eigenvalue weighted by molar-refractivity contribution is 6.99. The van der Waals surface area contributed by atoms with Gasteiger partial charge in [-0.2, -0.15) is 4.37 Å². The summed E-state index contributed by atoms with van der Waals surface area (Å²) in [6.45, 7) is 3.60. The summed E-state index contributed by atoms with van der Waals surface area (Å²) in [4.78, 5) is 13.7. The van der Waals surface area contributed by atoms with Crippen molar-refractivity contribution in [3.05, 3.63) is 6.20 Å². The Morgan fingerprint density at radius 3 is 3.10 bits per heavy atom. The number of carbonyl (C=O) groups excluding carboxylic acids is 1. The molecule has 1 atom stereocenters. The van der Waals surface area contributed by atoms with Gasteiger partial charge in [0, 0.05) is 32.6 Å². The van der Waals surface area contributed by atoms with Crippen LogP contribution in [0.3, 0.4) is 0 Å². The summed E-state index contributed by atoms with van der Waals surface area (Å²) < 4.78 is 18.1. The lowest BCUT2D eigenvalue weighted by Crippen LogP contribution is -2.42. The van der Waals surface area contributed by atoms with E-state index in [9.17, 15) is 9.90 Å². The maximum absolute atomic E-state index is 11.9. The zero-order valence-corrected chi connectivity index (χ0v) is 12.5. The number of carbonyl (C=O) groups is 1. The summed E-state index contributed by atoms with van der Waals surface area (Å²) in [5, 5.41) is 12.8. The van der Waals surface area contributed by atoms with E-state index in [4.69, 9.17) is 9.47 Å². The van der Waals surface area contributed by atoms with E-state index in [0.717, 1.165) is 11.7 Å². The quantitative estimate of drug-likeness (QED) is 0.601. The molecule has 0 radical (unpaired) electrons. The molecular formula is C12H20N4O4S. The summed E-state index contributed by atoms with van der Waals surface area (Å²) in [5.41, 5.74) is 0. The van der Waals surface area contributed by atoms with Gasteiger partial charge in [0.05, 0.1) is 24.9 Å². The Balaban J connectivity index is 1.51. The van der Waals surface area contributed by atoms with E-state index in [1.54, 1.807) is 4.90 Å². The van der Waals surface area contributed by atoms with Gasteiger partial charge in [-0.15, -0.1) is 4.37 Å². The van der Waals surface area contributed by atoms with Gasteiger partial charge < -0.3 is 24.8 Å². The van der Waals surface area contributed by atoms with Gasteiger partial charge >= 0.3 is 0 Å². The molecule has 1 aromatic heterocycles. The minimum Gasteiger partial charge on any atom is -0.473 e. The average molecular weight is 316 g/mol. The van der Waals surface area contributed by atoms with Crippen LogP contribution in [-0.4, -0.2) is 76.8 Å². The van der Waals surface area contributed by atoms with Crippen molar-refractivity contribution >= 4 is 17.6 Å². The molecule has 2 N–H and O–H groups in total. The van der Waals surface area contributed by atoms with Crippen LogP contribution >= 0.6 is 11.7 Å². The van der Waals surface area contributed by atoms with Crippen LogP contribution in [0, 0.1) is 0 Å². The van der Waals surface area contributed by atoms with Gasteiger partial charge in [-0.25, -0.2) is 0 Å². The number of rotatable bonds is 8. The predicted octanol–water partition coefficient (Wildman–Crippen LogP) is -0.884. The molecule has 1 aliphatic heterocycles. The Labute approximate surface area is 127 Å². The number of morpholine rings is 1. The number of hydrogen-bond donors (Lipinski definition) is 2. The molecule has 0 bridgehead atoms. The molecule has 2 rings (SSSR count). The van der Waals surface area contributed by atoms with E-state index in [1.807, 2.05) is 0 Å². The molecule has 1 aromatic rings. The molecular weight excluding hydrogens is 296 g/mol. The zero-order valence-electron chi connectivity index (χ0n) is 11.7. The highest BCUT2D eigenvalue weighted by atomic mass is 32.1. The normalized spacial score (nSPS) is 16.7. The van der Waals surface area contributed by atoms with E-state index in [2.05, 4.69) is 14.1 Å². The largest absolute Gasteiger partial charge is 0.473 e. The maximum atomic E-state index is 11.9. The van der Waals surface area contributed by atoms with Gasteiger partial charge in [0.15, 0.2) is 0 Å². The van der Waals surface area contributed by atoms with Gasteiger partial charge in [-0.05, 0) is 0 Å². The predicted molar refractivity (Wildman–Crippen MR) is 76.3 cm³/mol. The fourth-order valence-corrected chi connectivity index (χ4v) is 2.26. The topological polar surface area (TPSA) is 96.8 Å². The van der Waals surface area contributed by atoms with E-state index >= 15 is 0 Å². The van der Waals surface area contributed by atoms with Crippen molar-refractivity contribution < 1.29 is 19.4 Å². The van der Waals surface area contributed by atoms with Crippen LogP contribution in [0.25, 0.3) is 0 Å². The molecule has 1 saturated heterocycles. The van der Waals surface area contributed by atoms with E-state index in [0.29, 0.717) is 51.7 Å². The molecule has 118 valence electrons. The number of aliphatic hydroxyl groups excluding tert-OH is 1. The summed E-state index contributed by atoms with van der Waals surface area (Å²) in [7, 11) is 0. The van der Waals surface area contributed by atoms with Crippen molar-refractivity contribution in [2.24, 2.45) is 0 Å². The minimum absolute atomic E-state index is 0.116. The lowest BCUT2D eigenvalue weighted by molar-refractivity contribution is -0.135. The number of nitrogens with zero attached hydrogens (tertiary/aromatic N) is 3. The van der Waals surface area contributed by atoms with Crippen molar-refractivity contribution in [2.45, 2.75) is 12.5 Å². The molecule has 0 aromatic carbocycles. The smallest absolute Gasteiger partial charge is 0.245 e. The first-order chi connectivity index (χ1) is 10.3. The molecule has 0 saturated carbocycles. The van der Waals surface area contributed by atoms with Crippen molar-refractivity contribution in [3.63, 3.8) is 0 Å². The lowest BCUT2D eigenvalue weighted by Gasteiger charge is -2.26. The van der Waals surface area contributed by atoms with Crippen molar-refractivity contribution in [1.29, 1.82) is 0 Å². The molecule has 0 aliphatic carbocycles. The first-order valence-corrected chi connectivity index (χ1v) is 7.63. The Morgan fingerprint density at radius 1 is 1.57 bits per heavy atom. The van der Waals surface area contributed by atoms with Crippen molar-refractivity contribution in [2.75, 3.05) is 46.0 Å².